The van der Waals surface area contributed by atoms with Crippen LogP contribution >= 0.6 is 11.3 Å². The minimum atomic E-state index is -0.653. The lowest BCUT2D eigenvalue weighted by Gasteiger charge is -2.35. The summed E-state index contributed by atoms with van der Waals surface area (Å²) in [4.78, 5) is 16.1. The predicted molar refractivity (Wildman–Crippen MR) is 78.4 cm³/mol. The Kier molecular flexibility index (Phi) is 3.66. The molecule has 0 bridgehead atoms. The van der Waals surface area contributed by atoms with Crippen LogP contribution in [0.1, 0.15) is 30.7 Å². The molecule has 2 heterocycles. The van der Waals surface area contributed by atoms with E-state index in [2.05, 4.69) is 9.80 Å². The summed E-state index contributed by atoms with van der Waals surface area (Å²) in [5, 5.41) is 21.5. The lowest BCUT2D eigenvalue weighted by molar-refractivity contribution is -0.383. The fourth-order valence-corrected chi connectivity index (χ4v) is 3.80. The van der Waals surface area contributed by atoms with Gasteiger partial charge in [0, 0.05) is 43.2 Å². The fraction of sp³-hybridized carbons (Fsp3) is 0.692. The Bertz CT molecular complexity index is 505. The third-order valence-corrected chi connectivity index (χ3v) is 5.34. The number of thiophene rings is 1. The number of nitro groups is 1. The van der Waals surface area contributed by atoms with Gasteiger partial charge in [-0.15, -0.1) is 11.3 Å². The fourth-order valence-electron chi connectivity index (χ4n) is 2.68. The first-order chi connectivity index (χ1) is 9.56. The van der Waals surface area contributed by atoms with E-state index in [1.54, 1.807) is 6.92 Å². The number of hydrogen-bond donors (Lipinski definition) is 1. The maximum Gasteiger partial charge on any atom is 0.304 e. The van der Waals surface area contributed by atoms with Crippen LogP contribution in [0.3, 0.4) is 0 Å². The summed E-state index contributed by atoms with van der Waals surface area (Å²) in [6, 6.07) is 2.27. The molecular formula is C13H19N3O3S. The van der Waals surface area contributed by atoms with Crippen molar-refractivity contribution in [2.75, 3.05) is 31.1 Å². The SMILES string of the molecule is C[C@@H](O)c1cc([N+](=O)[O-])c(N2CCN(C3CC3)CC2)s1. The van der Waals surface area contributed by atoms with E-state index in [9.17, 15) is 15.2 Å². The normalized spacial score (nSPS) is 22.0. The molecule has 1 aromatic heterocycles. The molecule has 3 rings (SSSR count). The Labute approximate surface area is 121 Å². The van der Waals surface area contributed by atoms with Gasteiger partial charge in [-0.05, 0) is 19.8 Å². The molecule has 6 nitrogen and oxygen atoms in total. The molecule has 20 heavy (non-hydrogen) atoms. The minimum absolute atomic E-state index is 0.130. The molecule has 1 N–H and O–H groups in total. The van der Waals surface area contributed by atoms with Gasteiger partial charge in [-0.25, -0.2) is 0 Å². The van der Waals surface area contributed by atoms with Crippen molar-refractivity contribution in [3.63, 3.8) is 0 Å². The second-order valence-corrected chi connectivity index (χ2v) is 6.59. The highest BCUT2D eigenvalue weighted by Crippen LogP contribution is 2.40. The number of rotatable bonds is 4. The zero-order valence-electron chi connectivity index (χ0n) is 11.5. The first-order valence-corrected chi connectivity index (χ1v) is 7.83. The second-order valence-electron chi connectivity index (χ2n) is 5.53. The molecule has 1 saturated heterocycles. The highest BCUT2D eigenvalue weighted by molar-refractivity contribution is 7.16. The highest BCUT2D eigenvalue weighted by atomic mass is 32.1. The average molecular weight is 297 g/mol. The third-order valence-electron chi connectivity index (χ3n) is 3.99. The number of hydrogen-bond acceptors (Lipinski definition) is 6. The summed E-state index contributed by atoms with van der Waals surface area (Å²) in [5.74, 6) is 0. The van der Waals surface area contributed by atoms with Gasteiger partial charge in [0.2, 0.25) is 0 Å². The van der Waals surface area contributed by atoms with Gasteiger partial charge in [0.1, 0.15) is 0 Å². The van der Waals surface area contributed by atoms with E-state index in [4.69, 9.17) is 0 Å². The van der Waals surface area contributed by atoms with Gasteiger partial charge >= 0.3 is 5.69 Å². The zero-order valence-corrected chi connectivity index (χ0v) is 12.3. The van der Waals surface area contributed by atoms with Crippen molar-refractivity contribution >= 4 is 22.0 Å². The average Bonchev–Trinajstić information content (AvgIpc) is 3.16. The Hall–Kier alpha value is -1.18. The molecular weight excluding hydrogens is 278 g/mol. The van der Waals surface area contributed by atoms with Crippen LogP contribution in [0.5, 0.6) is 0 Å². The number of piperazine rings is 1. The first kappa shape index (κ1) is 13.8. The van der Waals surface area contributed by atoms with Crippen molar-refractivity contribution in [1.29, 1.82) is 0 Å². The van der Waals surface area contributed by atoms with Crippen molar-refractivity contribution < 1.29 is 10.0 Å². The molecule has 0 amide bonds. The van der Waals surface area contributed by atoms with Crippen LogP contribution in [-0.2, 0) is 0 Å². The van der Waals surface area contributed by atoms with Crippen LogP contribution in [0.2, 0.25) is 0 Å². The number of nitrogens with zero attached hydrogens (tertiary/aromatic N) is 3. The van der Waals surface area contributed by atoms with Crippen LogP contribution in [0.4, 0.5) is 10.7 Å². The summed E-state index contributed by atoms with van der Waals surface area (Å²) in [7, 11) is 0. The molecule has 1 atom stereocenters. The van der Waals surface area contributed by atoms with Gasteiger partial charge < -0.3 is 10.0 Å². The maximum absolute atomic E-state index is 11.2. The summed E-state index contributed by atoms with van der Waals surface area (Å²) >= 11 is 1.34. The van der Waals surface area contributed by atoms with E-state index >= 15 is 0 Å². The largest absolute Gasteiger partial charge is 0.388 e. The number of anilines is 1. The van der Waals surface area contributed by atoms with Crippen molar-refractivity contribution in [3.8, 4) is 0 Å². The van der Waals surface area contributed by atoms with Crippen LogP contribution < -0.4 is 4.90 Å². The molecule has 1 aromatic rings. The van der Waals surface area contributed by atoms with Crippen molar-refractivity contribution in [2.24, 2.45) is 0 Å². The first-order valence-electron chi connectivity index (χ1n) is 7.01. The van der Waals surface area contributed by atoms with Gasteiger partial charge in [0.25, 0.3) is 0 Å². The molecule has 7 heteroatoms. The molecule has 1 aliphatic carbocycles. The van der Waals surface area contributed by atoms with Crippen LogP contribution in [0.15, 0.2) is 6.07 Å². The maximum atomic E-state index is 11.2. The lowest BCUT2D eigenvalue weighted by Crippen LogP contribution is -2.47. The van der Waals surface area contributed by atoms with E-state index in [-0.39, 0.29) is 10.6 Å². The van der Waals surface area contributed by atoms with Crippen molar-refractivity contribution in [2.45, 2.75) is 31.9 Å². The Balaban J connectivity index is 1.77. The summed E-state index contributed by atoms with van der Waals surface area (Å²) in [6.45, 7) is 5.26. The Morgan fingerprint density at radius 1 is 1.40 bits per heavy atom. The second kappa shape index (κ2) is 5.31. The molecule has 2 fully saturated rings. The van der Waals surface area contributed by atoms with Gasteiger partial charge in [0.15, 0.2) is 5.00 Å². The molecule has 0 unspecified atom stereocenters. The van der Waals surface area contributed by atoms with Crippen LogP contribution in [-0.4, -0.2) is 47.2 Å². The van der Waals surface area contributed by atoms with Gasteiger partial charge in [-0.3, -0.25) is 15.0 Å². The van der Waals surface area contributed by atoms with Gasteiger partial charge in [0.05, 0.1) is 11.0 Å². The zero-order chi connectivity index (χ0) is 14.3. The van der Waals surface area contributed by atoms with Crippen molar-refractivity contribution in [3.05, 3.63) is 21.1 Å². The number of aliphatic hydroxyl groups excluding tert-OH is 1. The van der Waals surface area contributed by atoms with E-state index in [1.165, 1.54) is 30.2 Å². The molecule has 1 aliphatic heterocycles. The number of aliphatic hydroxyl groups is 1. The minimum Gasteiger partial charge on any atom is -0.388 e. The van der Waals surface area contributed by atoms with Crippen molar-refractivity contribution in [1.82, 2.24) is 4.90 Å². The molecule has 0 radical (unpaired) electrons. The molecule has 2 aliphatic rings. The smallest absolute Gasteiger partial charge is 0.304 e. The molecule has 110 valence electrons. The summed E-state index contributed by atoms with van der Waals surface area (Å²) in [5.41, 5.74) is 0.130. The standard InChI is InChI=1S/C13H19N3O3S/c1-9(17)12-8-11(16(18)19)13(20-12)15-6-4-14(5-7-15)10-2-3-10/h8-10,17H,2-7H2,1H3/t9-/m1/s1. The molecule has 0 spiro atoms. The topological polar surface area (TPSA) is 69.8 Å². The van der Waals surface area contributed by atoms with E-state index < -0.39 is 6.10 Å². The highest BCUT2D eigenvalue weighted by Gasteiger charge is 2.33. The summed E-state index contributed by atoms with van der Waals surface area (Å²) < 4.78 is 0. The van der Waals surface area contributed by atoms with Crippen LogP contribution in [0.25, 0.3) is 0 Å². The van der Waals surface area contributed by atoms with E-state index in [0.29, 0.717) is 9.88 Å². The third kappa shape index (κ3) is 2.65. The van der Waals surface area contributed by atoms with E-state index in [1.807, 2.05) is 0 Å². The molecule has 0 aromatic carbocycles. The quantitative estimate of drug-likeness (QED) is 0.680. The predicted octanol–water partition coefficient (Wildman–Crippen LogP) is 1.99. The summed E-state index contributed by atoms with van der Waals surface area (Å²) in [6.07, 6.45) is 1.94. The van der Waals surface area contributed by atoms with E-state index in [0.717, 1.165) is 32.2 Å². The Morgan fingerprint density at radius 2 is 2.05 bits per heavy atom. The lowest BCUT2D eigenvalue weighted by atomic mass is 10.3. The van der Waals surface area contributed by atoms with Gasteiger partial charge in [-0.2, -0.15) is 0 Å². The van der Waals surface area contributed by atoms with Gasteiger partial charge in [-0.1, -0.05) is 0 Å². The van der Waals surface area contributed by atoms with Crippen LogP contribution in [0, 0.1) is 10.1 Å². The molecule has 1 saturated carbocycles. The Morgan fingerprint density at radius 3 is 2.55 bits per heavy atom. The monoisotopic (exact) mass is 297 g/mol.